The molecule has 0 aliphatic heterocycles. The molecule has 0 unspecified atom stereocenters. The zero-order valence-electron chi connectivity index (χ0n) is 36.4. The van der Waals surface area contributed by atoms with E-state index < -0.39 is 0 Å². The van der Waals surface area contributed by atoms with Crippen molar-refractivity contribution >= 4 is 71.2 Å². The van der Waals surface area contributed by atoms with Crippen LogP contribution in [-0.4, -0.2) is 4.57 Å². The predicted molar refractivity (Wildman–Crippen MR) is 267 cm³/mol. The van der Waals surface area contributed by atoms with Crippen LogP contribution in [0.25, 0.3) is 82.1 Å². The van der Waals surface area contributed by atoms with Gasteiger partial charge in [0.25, 0.3) is 0 Å². The SMILES string of the molecule is CC(C)(C)c1ccc2c(c1)c1cc(C(C)(C)C)ccc1n2-c1ccc2ccc3c(N(c4ccccc4)c4cc(-c5ccccc5)ccc4-c4ccccc4)ccc4ccc1c2c43. The van der Waals surface area contributed by atoms with Crippen molar-refractivity contribution in [3.8, 4) is 27.9 Å². The molecule has 0 spiro atoms. The van der Waals surface area contributed by atoms with Gasteiger partial charge >= 0.3 is 0 Å². The van der Waals surface area contributed by atoms with Crippen molar-refractivity contribution in [2.24, 2.45) is 0 Å². The molecule has 0 saturated carbocycles. The minimum atomic E-state index is 0.0350. The lowest BCUT2D eigenvalue weighted by Crippen LogP contribution is -2.12. The van der Waals surface area contributed by atoms with Crippen LogP contribution in [0.15, 0.2) is 194 Å². The third-order valence-electron chi connectivity index (χ3n) is 13.0. The van der Waals surface area contributed by atoms with Gasteiger partial charge in [-0.1, -0.05) is 181 Å². The molecule has 62 heavy (non-hydrogen) atoms. The van der Waals surface area contributed by atoms with Gasteiger partial charge in [0, 0.05) is 32.8 Å². The predicted octanol–water partition coefficient (Wildman–Crippen LogP) is 17.1. The first-order valence-electron chi connectivity index (χ1n) is 21.9. The van der Waals surface area contributed by atoms with Crippen LogP contribution in [0.2, 0.25) is 0 Å². The molecule has 0 bridgehead atoms. The van der Waals surface area contributed by atoms with Crippen molar-refractivity contribution in [1.29, 1.82) is 0 Å². The van der Waals surface area contributed by atoms with Crippen LogP contribution >= 0.6 is 0 Å². The average Bonchev–Trinajstić information content (AvgIpc) is 3.62. The minimum absolute atomic E-state index is 0.0350. The van der Waals surface area contributed by atoms with Gasteiger partial charge < -0.3 is 9.47 Å². The number of rotatable bonds is 6. The Morgan fingerprint density at radius 2 is 0.887 bits per heavy atom. The van der Waals surface area contributed by atoms with E-state index in [4.69, 9.17) is 0 Å². The smallest absolute Gasteiger partial charge is 0.0546 e. The molecular formula is C60H50N2. The van der Waals surface area contributed by atoms with E-state index >= 15 is 0 Å². The summed E-state index contributed by atoms with van der Waals surface area (Å²) in [5.74, 6) is 0. The highest BCUT2D eigenvalue weighted by Crippen LogP contribution is 2.49. The summed E-state index contributed by atoms with van der Waals surface area (Å²) in [6, 6.07) is 72.3. The van der Waals surface area contributed by atoms with Gasteiger partial charge in [-0.25, -0.2) is 0 Å². The summed E-state index contributed by atoms with van der Waals surface area (Å²) in [6.45, 7) is 13.9. The van der Waals surface area contributed by atoms with E-state index in [0.29, 0.717) is 0 Å². The van der Waals surface area contributed by atoms with Gasteiger partial charge in [-0.05, 0) is 115 Å². The third kappa shape index (κ3) is 6.16. The summed E-state index contributed by atoms with van der Waals surface area (Å²) >= 11 is 0. The van der Waals surface area contributed by atoms with Gasteiger partial charge in [-0.3, -0.25) is 0 Å². The summed E-state index contributed by atoms with van der Waals surface area (Å²) in [5, 5.41) is 10.1. The summed E-state index contributed by atoms with van der Waals surface area (Å²) in [5.41, 5.74) is 14.6. The largest absolute Gasteiger partial charge is 0.309 e. The maximum atomic E-state index is 2.52. The van der Waals surface area contributed by atoms with Crippen molar-refractivity contribution in [3.05, 3.63) is 205 Å². The fourth-order valence-corrected chi connectivity index (χ4v) is 9.75. The van der Waals surface area contributed by atoms with Crippen LogP contribution in [0, 0.1) is 0 Å². The average molecular weight is 799 g/mol. The van der Waals surface area contributed by atoms with E-state index in [1.165, 1.54) is 93.2 Å². The Bertz CT molecular complexity index is 3380. The maximum Gasteiger partial charge on any atom is 0.0546 e. The van der Waals surface area contributed by atoms with E-state index in [-0.39, 0.29) is 10.8 Å². The van der Waals surface area contributed by atoms with E-state index in [0.717, 1.165) is 17.1 Å². The molecule has 0 amide bonds. The van der Waals surface area contributed by atoms with Crippen LogP contribution in [0.3, 0.4) is 0 Å². The number of aromatic nitrogens is 1. The van der Waals surface area contributed by atoms with Crippen LogP contribution in [0.4, 0.5) is 17.1 Å². The highest BCUT2D eigenvalue weighted by molar-refractivity contribution is 6.27. The Labute approximate surface area is 364 Å². The van der Waals surface area contributed by atoms with Gasteiger partial charge in [0.05, 0.1) is 28.1 Å². The number of hydrogen-bond acceptors (Lipinski definition) is 1. The number of para-hydroxylation sites is 1. The van der Waals surface area contributed by atoms with Crippen molar-refractivity contribution in [2.75, 3.05) is 4.90 Å². The second-order valence-corrected chi connectivity index (χ2v) is 19.0. The Balaban J connectivity index is 1.19. The second-order valence-electron chi connectivity index (χ2n) is 19.0. The molecule has 300 valence electrons. The molecule has 0 radical (unpaired) electrons. The van der Waals surface area contributed by atoms with Gasteiger partial charge in [-0.15, -0.1) is 0 Å². The molecule has 0 N–H and O–H groups in total. The molecule has 1 aromatic heterocycles. The van der Waals surface area contributed by atoms with Gasteiger partial charge in [-0.2, -0.15) is 0 Å². The van der Waals surface area contributed by atoms with Crippen LogP contribution < -0.4 is 4.90 Å². The first-order chi connectivity index (χ1) is 30.0. The standard InChI is InChI=1S/C60H50N2/c1-59(2,3)44-27-34-54-50(37-44)51-38-45(60(4,5)6)28-35-55(51)62(54)53-33-26-42-22-30-48-52(32-25-41-23-31-49(53)58(42)57(41)48)61(46-20-14-9-15-21-46)56-36-43(39-16-10-7-11-17-39)24-29-47(56)40-18-12-8-13-19-40/h7-38H,1-6H3. The van der Waals surface area contributed by atoms with E-state index in [1.807, 2.05) is 0 Å². The Kier molecular flexibility index (Phi) is 8.67. The van der Waals surface area contributed by atoms with Gasteiger partial charge in [0.1, 0.15) is 0 Å². The quantitative estimate of drug-likeness (QED) is 0.152. The Morgan fingerprint density at radius 1 is 0.371 bits per heavy atom. The third-order valence-corrected chi connectivity index (χ3v) is 13.0. The molecule has 0 atom stereocenters. The fraction of sp³-hybridized carbons (Fsp3) is 0.133. The summed E-state index contributed by atoms with van der Waals surface area (Å²) in [6.07, 6.45) is 0. The van der Waals surface area contributed by atoms with Crippen molar-refractivity contribution in [3.63, 3.8) is 0 Å². The van der Waals surface area contributed by atoms with E-state index in [1.54, 1.807) is 0 Å². The lowest BCUT2D eigenvalue weighted by molar-refractivity contribution is 0.590. The Hall–Kier alpha value is -7.16. The van der Waals surface area contributed by atoms with Crippen molar-refractivity contribution in [1.82, 2.24) is 4.57 Å². The van der Waals surface area contributed by atoms with E-state index in [2.05, 4.69) is 245 Å². The van der Waals surface area contributed by atoms with E-state index in [9.17, 15) is 0 Å². The summed E-state index contributed by atoms with van der Waals surface area (Å²) < 4.78 is 2.52. The maximum absolute atomic E-state index is 2.52. The van der Waals surface area contributed by atoms with Crippen LogP contribution in [0.1, 0.15) is 52.7 Å². The monoisotopic (exact) mass is 798 g/mol. The number of benzene rings is 10. The first-order valence-corrected chi connectivity index (χ1v) is 21.9. The molecule has 0 saturated heterocycles. The molecule has 0 fully saturated rings. The fourth-order valence-electron chi connectivity index (χ4n) is 9.75. The number of anilines is 3. The molecular weight excluding hydrogens is 749 g/mol. The minimum Gasteiger partial charge on any atom is -0.309 e. The van der Waals surface area contributed by atoms with Crippen LogP contribution in [-0.2, 0) is 10.8 Å². The zero-order chi connectivity index (χ0) is 42.3. The summed E-state index contributed by atoms with van der Waals surface area (Å²) in [7, 11) is 0. The molecule has 10 aromatic carbocycles. The topological polar surface area (TPSA) is 8.17 Å². The molecule has 11 rings (SSSR count). The first kappa shape index (κ1) is 37.8. The normalized spacial score (nSPS) is 12.4. The second kappa shape index (κ2) is 14.2. The van der Waals surface area contributed by atoms with Gasteiger partial charge in [0.2, 0.25) is 0 Å². The van der Waals surface area contributed by atoms with Crippen molar-refractivity contribution < 1.29 is 0 Å². The molecule has 2 heteroatoms. The lowest BCUT2D eigenvalue weighted by atomic mass is 9.85. The van der Waals surface area contributed by atoms with Gasteiger partial charge in [0.15, 0.2) is 0 Å². The lowest BCUT2D eigenvalue weighted by Gasteiger charge is -2.30. The molecule has 2 nitrogen and oxygen atoms in total. The molecule has 11 aromatic rings. The highest BCUT2D eigenvalue weighted by Gasteiger charge is 2.25. The Morgan fingerprint density at radius 3 is 1.48 bits per heavy atom. The number of fused-ring (bicyclic) bond motifs is 3. The zero-order valence-corrected chi connectivity index (χ0v) is 36.4. The van der Waals surface area contributed by atoms with Crippen molar-refractivity contribution in [2.45, 2.75) is 52.4 Å². The molecule has 0 aliphatic carbocycles. The molecule has 0 aliphatic rings. The summed E-state index contributed by atoms with van der Waals surface area (Å²) in [4.78, 5) is 2.48. The highest BCUT2D eigenvalue weighted by atomic mass is 15.1. The molecule has 1 heterocycles. The number of hydrogen-bond donors (Lipinski definition) is 0. The van der Waals surface area contributed by atoms with Crippen LogP contribution in [0.5, 0.6) is 0 Å². The number of nitrogens with zero attached hydrogens (tertiary/aromatic N) is 2.